The zero-order chi connectivity index (χ0) is 16.8. The van der Waals surface area contributed by atoms with Gasteiger partial charge in [-0.05, 0) is 50.1 Å². The number of nitrogens with one attached hydrogen (secondary N) is 2. The number of aromatic nitrogens is 2. The first-order valence-corrected chi connectivity index (χ1v) is 9.25. The minimum atomic E-state index is -0.0544. The number of amides is 1. The van der Waals surface area contributed by atoms with Crippen LogP contribution in [0.5, 0.6) is 0 Å². The molecule has 1 aromatic heterocycles. The summed E-state index contributed by atoms with van der Waals surface area (Å²) in [5, 5.41) is 11.0. The zero-order valence-electron chi connectivity index (χ0n) is 14.7. The van der Waals surface area contributed by atoms with Gasteiger partial charge in [-0.25, -0.2) is 0 Å². The summed E-state index contributed by atoms with van der Waals surface area (Å²) in [6.45, 7) is 3.50. The van der Waals surface area contributed by atoms with Gasteiger partial charge in [0.05, 0.1) is 6.04 Å². The number of carbonyl (C=O) groups is 1. The van der Waals surface area contributed by atoms with Crippen molar-refractivity contribution in [2.75, 3.05) is 33.4 Å². The Morgan fingerprint density at radius 1 is 1.46 bits per heavy atom. The minimum absolute atomic E-state index is 0.0544. The fourth-order valence-corrected chi connectivity index (χ4v) is 4.04. The van der Waals surface area contributed by atoms with Crippen molar-refractivity contribution in [1.82, 2.24) is 20.4 Å². The third-order valence-corrected chi connectivity index (χ3v) is 5.61. The molecule has 1 aliphatic carbocycles. The van der Waals surface area contributed by atoms with Gasteiger partial charge < -0.3 is 15.4 Å². The largest absolute Gasteiger partial charge is 0.385 e. The molecule has 2 fully saturated rings. The summed E-state index contributed by atoms with van der Waals surface area (Å²) >= 11 is 0. The van der Waals surface area contributed by atoms with E-state index in [-0.39, 0.29) is 11.3 Å². The summed E-state index contributed by atoms with van der Waals surface area (Å²) in [7, 11) is 1.74. The van der Waals surface area contributed by atoms with Gasteiger partial charge in [0.2, 0.25) is 0 Å². The molecule has 0 aromatic carbocycles. The lowest BCUT2D eigenvalue weighted by molar-refractivity contribution is 0.0897. The second-order valence-electron chi connectivity index (χ2n) is 7.31. The molecular weight excluding hydrogens is 304 g/mol. The molecule has 24 heavy (non-hydrogen) atoms. The maximum absolute atomic E-state index is 12.5. The number of hydrogen-bond acceptors (Lipinski definition) is 4. The highest BCUT2D eigenvalue weighted by Crippen LogP contribution is 2.40. The third kappa shape index (κ3) is 4.16. The Balaban J connectivity index is 1.55. The van der Waals surface area contributed by atoms with Crippen LogP contribution in [-0.2, 0) is 4.74 Å². The van der Waals surface area contributed by atoms with E-state index >= 15 is 0 Å². The van der Waals surface area contributed by atoms with Gasteiger partial charge in [-0.3, -0.25) is 9.48 Å². The van der Waals surface area contributed by atoms with E-state index in [1.165, 1.54) is 25.7 Å². The first-order valence-electron chi connectivity index (χ1n) is 9.25. The lowest BCUT2D eigenvalue weighted by Gasteiger charge is -2.28. The van der Waals surface area contributed by atoms with Gasteiger partial charge in [0.15, 0.2) is 0 Å². The molecule has 1 atom stereocenters. The first kappa shape index (κ1) is 17.4. The maximum atomic E-state index is 12.5. The molecular formula is C18H30N4O2. The van der Waals surface area contributed by atoms with Crippen molar-refractivity contribution in [3.63, 3.8) is 0 Å². The number of nitrogens with zero attached hydrogens (tertiary/aromatic N) is 2. The van der Waals surface area contributed by atoms with Gasteiger partial charge in [-0.15, -0.1) is 0 Å². The van der Waals surface area contributed by atoms with Crippen LogP contribution in [0.4, 0.5) is 0 Å². The Bertz CT molecular complexity index is 531. The van der Waals surface area contributed by atoms with Gasteiger partial charge in [0.25, 0.3) is 5.91 Å². The molecule has 2 aliphatic rings. The van der Waals surface area contributed by atoms with Crippen LogP contribution in [0.15, 0.2) is 12.3 Å². The topological polar surface area (TPSA) is 68.2 Å². The van der Waals surface area contributed by atoms with Gasteiger partial charge in [0.1, 0.15) is 5.69 Å². The lowest BCUT2D eigenvalue weighted by atomic mass is 9.83. The van der Waals surface area contributed by atoms with Gasteiger partial charge in [-0.1, -0.05) is 12.8 Å². The lowest BCUT2D eigenvalue weighted by Crippen LogP contribution is -2.37. The molecule has 2 N–H and O–H groups in total. The van der Waals surface area contributed by atoms with Crippen LogP contribution >= 0.6 is 0 Å². The van der Waals surface area contributed by atoms with Crippen molar-refractivity contribution in [3.8, 4) is 0 Å². The Morgan fingerprint density at radius 3 is 3.00 bits per heavy atom. The first-order chi connectivity index (χ1) is 11.7. The molecule has 6 heteroatoms. The van der Waals surface area contributed by atoms with Crippen LogP contribution in [0.25, 0.3) is 0 Å². The van der Waals surface area contributed by atoms with Crippen LogP contribution in [0.1, 0.15) is 61.5 Å². The number of carbonyl (C=O) groups excluding carboxylic acids is 1. The summed E-state index contributed by atoms with van der Waals surface area (Å²) in [5.74, 6) is -0.0544. The normalized spacial score (nSPS) is 23.3. The van der Waals surface area contributed by atoms with Crippen molar-refractivity contribution in [3.05, 3.63) is 18.0 Å². The minimum Gasteiger partial charge on any atom is -0.385 e. The predicted octanol–water partition coefficient (Wildman–Crippen LogP) is 2.13. The van der Waals surface area contributed by atoms with E-state index in [1.54, 1.807) is 7.11 Å². The summed E-state index contributed by atoms with van der Waals surface area (Å²) in [5.41, 5.74) is 0.738. The molecule has 6 nitrogen and oxygen atoms in total. The van der Waals surface area contributed by atoms with E-state index in [0.29, 0.717) is 11.7 Å². The quantitative estimate of drug-likeness (QED) is 0.801. The third-order valence-electron chi connectivity index (χ3n) is 5.61. The summed E-state index contributed by atoms with van der Waals surface area (Å²) in [6, 6.07) is 2.20. The van der Waals surface area contributed by atoms with Crippen LogP contribution in [0.3, 0.4) is 0 Å². The zero-order valence-corrected chi connectivity index (χ0v) is 14.7. The number of rotatable bonds is 7. The molecule has 0 radical (unpaired) electrons. The Kier molecular flexibility index (Phi) is 5.89. The second-order valence-corrected chi connectivity index (χ2v) is 7.31. The van der Waals surface area contributed by atoms with E-state index < -0.39 is 0 Å². The van der Waals surface area contributed by atoms with E-state index in [4.69, 9.17) is 4.74 Å². The Morgan fingerprint density at radius 2 is 2.29 bits per heavy atom. The van der Waals surface area contributed by atoms with Crippen LogP contribution in [0.2, 0.25) is 0 Å². The molecule has 134 valence electrons. The van der Waals surface area contributed by atoms with Crippen molar-refractivity contribution >= 4 is 5.91 Å². The molecule has 3 rings (SSSR count). The molecule has 1 saturated carbocycles. The van der Waals surface area contributed by atoms with Gasteiger partial charge >= 0.3 is 0 Å². The molecule has 0 spiro atoms. The number of methoxy groups -OCH3 is 1. The van der Waals surface area contributed by atoms with Crippen molar-refractivity contribution in [2.24, 2.45) is 5.41 Å². The fraction of sp³-hybridized carbons (Fsp3) is 0.778. The van der Waals surface area contributed by atoms with E-state index in [9.17, 15) is 4.79 Å². The SMILES string of the molecule is COCCC1(CNC(=O)c2ccn(C3CCCNC3)n2)CCCC1. The van der Waals surface area contributed by atoms with Crippen LogP contribution in [-0.4, -0.2) is 49.0 Å². The Hall–Kier alpha value is -1.40. The Labute approximate surface area is 144 Å². The highest BCUT2D eigenvalue weighted by molar-refractivity contribution is 5.92. The average molecular weight is 334 g/mol. The summed E-state index contributed by atoms with van der Waals surface area (Å²) in [6.07, 6.45) is 10.1. The molecule has 1 aliphatic heterocycles. The highest BCUT2D eigenvalue weighted by atomic mass is 16.5. The summed E-state index contributed by atoms with van der Waals surface area (Å²) in [4.78, 5) is 12.5. The van der Waals surface area contributed by atoms with E-state index in [0.717, 1.165) is 45.5 Å². The molecule has 2 heterocycles. The highest BCUT2D eigenvalue weighted by Gasteiger charge is 2.34. The monoisotopic (exact) mass is 334 g/mol. The molecule has 0 bridgehead atoms. The van der Waals surface area contributed by atoms with E-state index in [2.05, 4.69) is 15.7 Å². The standard InChI is InChI=1S/C18H30N4O2/c1-24-12-9-18(7-2-3-8-18)14-20-17(23)16-6-11-22(21-16)15-5-4-10-19-13-15/h6,11,15,19H,2-5,7-10,12-14H2,1H3,(H,20,23). The van der Waals surface area contributed by atoms with Crippen molar-refractivity contribution < 1.29 is 9.53 Å². The molecule has 1 amide bonds. The van der Waals surface area contributed by atoms with Crippen LogP contribution in [0, 0.1) is 5.41 Å². The smallest absolute Gasteiger partial charge is 0.271 e. The fourth-order valence-electron chi connectivity index (χ4n) is 4.04. The van der Waals surface area contributed by atoms with Gasteiger partial charge in [-0.2, -0.15) is 5.10 Å². The maximum Gasteiger partial charge on any atom is 0.271 e. The second kappa shape index (κ2) is 8.12. The molecule has 1 saturated heterocycles. The summed E-state index contributed by atoms with van der Waals surface area (Å²) < 4.78 is 7.20. The predicted molar refractivity (Wildman–Crippen MR) is 93.1 cm³/mol. The molecule has 1 unspecified atom stereocenters. The number of piperidine rings is 1. The van der Waals surface area contributed by atoms with Crippen LogP contribution < -0.4 is 10.6 Å². The van der Waals surface area contributed by atoms with Crippen molar-refractivity contribution in [2.45, 2.75) is 51.0 Å². The van der Waals surface area contributed by atoms with E-state index in [1.807, 2.05) is 16.9 Å². The van der Waals surface area contributed by atoms with Gasteiger partial charge in [0, 0.05) is 33.0 Å². The van der Waals surface area contributed by atoms with Crippen molar-refractivity contribution in [1.29, 1.82) is 0 Å². The number of ether oxygens (including phenoxy) is 1. The molecule has 1 aromatic rings. The number of hydrogen-bond donors (Lipinski definition) is 2. The average Bonchev–Trinajstić information content (AvgIpc) is 3.29.